The highest BCUT2D eigenvalue weighted by Gasteiger charge is 2.19. The molecule has 0 aliphatic rings. The number of unbranched alkanes of at least 4 members (excludes halogenated alkanes) is 20. The number of esters is 3. The monoisotopic (exact) mass is 823 g/mol. The number of carbonyl (C=O) groups excluding carboxylic acids is 3. The van der Waals surface area contributed by atoms with Crippen LogP contribution in [0.3, 0.4) is 0 Å². The average Bonchev–Trinajstić information content (AvgIpc) is 3.23. The van der Waals surface area contributed by atoms with Crippen LogP contribution in [0.1, 0.15) is 226 Å². The van der Waals surface area contributed by atoms with Crippen molar-refractivity contribution in [2.75, 3.05) is 13.2 Å². The Morgan fingerprint density at radius 1 is 0.356 bits per heavy atom. The van der Waals surface area contributed by atoms with Gasteiger partial charge >= 0.3 is 17.9 Å². The van der Waals surface area contributed by atoms with Crippen LogP contribution in [0.5, 0.6) is 0 Å². The number of ether oxygens (including phenoxy) is 3. The lowest BCUT2D eigenvalue weighted by atomic mass is 10.1. The maximum absolute atomic E-state index is 12.8. The second-order valence-electron chi connectivity index (χ2n) is 16.0. The third-order valence-corrected chi connectivity index (χ3v) is 10.2. The fourth-order valence-electron chi connectivity index (χ4n) is 6.47. The van der Waals surface area contributed by atoms with E-state index in [-0.39, 0.29) is 31.1 Å². The summed E-state index contributed by atoms with van der Waals surface area (Å²) in [6.07, 6.45) is 58.8. The minimum Gasteiger partial charge on any atom is -0.462 e. The first-order chi connectivity index (χ1) is 29.0. The van der Waals surface area contributed by atoms with Crippen molar-refractivity contribution in [2.45, 2.75) is 232 Å². The van der Waals surface area contributed by atoms with Crippen molar-refractivity contribution in [2.24, 2.45) is 0 Å². The standard InChI is InChI=1S/C53H90O6/c1-4-7-10-13-16-19-22-24-26-28-31-34-37-40-43-46-52(55)58-49-50(48-57-51(54)45-42-39-36-33-30-21-18-15-12-9-6-3)59-53(56)47-44-41-38-35-32-29-27-25-23-20-17-14-11-8-5-2/h7,10,15-16,18-20,23-24,26,31,34,50H,4-6,8-9,11-14,17,21-22,25,27-30,32-33,35-49H2,1-3H3/b10-7-,18-15-,19-16-,23-20-,26-24-,34-31-/t50-/m0/s1. The zero-order valence-electron chi connectivity index (χ0n) is 38.5. The predicted octanol–water partition coefficient (Wildman–Crippen LogP) is 15.9. The predicted molar refractivity (Wildman–Crippen MR) is 251 cm³/mol. The van der Waals surface area contributed by atoms with Gasteiger partial charge in [0.15, 0.2) is 6.10 Å². The third-order valence-electron chi connectivity index (χ3n) is 10.2. The summed E-state index contributed by atoms with van der Waals surface area (Å²) < 4.78 is 16.7. The van der Waals surface area contributed by atoms with Gasteiger partial charge in [-0.2, -0.15) is 0 Å². The fraction of sp³-hybridized carbons (Fsp3) is 0.717. The molecule has 0 rings (SSSR count). The molecule has 0 aliphatic heterocycles. The number of allylic oxidation sites excluding steroid dienone is 12. The molecule has 0 aromatic carbocycles. The van der Waals surface area contributed by atoms with Crippen LogP contribution in [0, 0.1) is 0 Å². The van der Waals surface area contributed by atoms with Gasteiger partial charge in [0.05, 0.1) is 0 Å². The first kappa shape index (κ1) is 55.9. The van der Waals surface area contributed by atoms with Crippen LogP contribution in [-0.4, -0.2) is 37.2 Å². The van der Waals surface area contributed by atoms with E-state index in [1.165, 1.54) is 89.9 Å². The minimum absolute atomic E-state index is 0.0951. The molecule has 0 aromatic heterocycles. The SMILES string of the molecule is CC/C=C\C/C=C\C/C=C\C/C=C\CCCCC(=O)OC[C@H](COC(=O)CCCCCCC/C=C\CCCC)OC(=O)CCCCCCCCC/C=C\CCCCCC. The molecule has 0 radical (unpaired) electrons. The van der Waals surface area contributed by atoms with Gasteiger partial charge in [0.25, 0.3) is 0 Å². The van der Waals surface area contributed by atoms with E-state index >= 15 is 0 Å². The normalized spacial score (nSPS) is 12.7. The van der Waals surface area contributed by atoms with Crippen molar-refractivity contribution in [1.82, 2.24) is 0 Å². The summed E-state index contributed by atoms with van der Waals surface area (Å²) in [5, 5.41) is 0. The summed E-state index contributed by atoms with van der Waals surface area (Å²) >= 11 is 0. The van der Waals surface area contributed by atoms with Crippen LogP contribution < -0.4 is 0 Å². The van der Waals surface area contributed by atoms with E-state index < -0.39 is 6.10 Å². The van der Waals surface area contributed by atoms with Crippen LogP contribution >= 0.6 is 0 Å². The molecule has 6 nitrogen and oxygen atoms in total. The quantitative estimate of drug-likeness (QED) is 0.0264. The lowest BCUT2D eigenvalue weighted by Crippen LogP contribution is -2.30. The summed E-state index contributed by atoms with van der Waals surface area (Å²) in [6.45, 7) is 6.41. The molecule has 0 spiro atoms. The summed E-state index contributed by atoms with van der Waals surface area (Å²) in [6, 6.07) is 0. The first-order valence-electron chi connectivity index (χ1n) is 24.4. The zero-order valence-corrected chi connectivity index (χ0v) is 38.5. The van der Waals surface area contributed by atoms with Crippen molar-refractivity contribution in [3.63, 3.8) is 0 Å². The van der Waals surface area contributed by atoms with Gasteiger partial charge in [-0.25, -0.2) is 0 Å². The molecule has 0 unspecified atom stereocenters. The minimum atomic E-state index is -0.796. The maximum Gasteiger partial charge on any atom is 0.306 e. The summed E-state index contributed by atoms with van der Waals surface area (Å²) in [4.78, 5) is 37.8. The van der Waals surface area contributed by atoms with Crippen LogP contribution in [0.25, 0.3) is 0 Å². The topological polar surface area (TPSA) is 78.9 Å². The molecule has 0 bridgehead atoms. The summed E-state index contributed by atoms with van der Waals surface area (Å²) in [7, 11) is 0. The van der Waals surface area contributed by atoms with Gasteiger partial charge in [-0.05, 0) is 103 Å². The van der Waals surface area contributed by atoms with Crippen molar-refractivity contribution in [1.29, 1.82) is 0 Å². The Morgan fingerprint density at radius 2 is 0.678 bits per heavy atom. The fourth-order valence-corrected chi connectivity index (χ4v) is 6.47. The molecule has 0 heterocycles. The summed E-state index contributed by atoms with van der Waals surface area (Å²) in [5.41, 5.74) is 0. The Morgan fingerprint density at radius 3 is 1.14 bits per heavy atom. The van der Waals surface area contributed by atoms with Crippen LogP contribution in [0.4, 0.5) is 0 Å². The average molecular weight is 823 g/mol. The molecule has 59 heavy (non-hydrogen) atoms. The Kier molecular flexibility index (Phi) is 45.0. The zero-order chi connectivity index (χ0) is 43.0. The van der Waals surface area contributed by atoms with Gasteiger partial charge in [-0.15, -0.1) is 0 Å². The number of rotatable bonds is 43. The van der Waals surface area contributed by atoms with Crippen molar-refractivity contribution in [3.8, 4) is 0 Å². The third kappa shape index (κ3) is 45.8. The van der Waals surface area contributed by atoms with E-state index in [1.54, 1.807) is 0 Å². The number of hydrogen-bond acceptors (Lipinski definition) is 6. The van der Waals surface area contributed by atoms with Gasteiger partial charge in [-0.3, -0.25) is 14.4 Å². The first-order valence-corrected chi connectivity index (χ1v) is 24.4. The molecule has 0 fully saturated rings. The van der Waals surface area contributed by atoms with Gasteiger partial charge in [0.1, 0.15) is 13.2 Å². The number of hydrogen-bond donors (Lipinski definition) is 0. The second kappa shape index (κ2) is 47.5. The molecule has 0 N–H and O–H groups in total. The van der Waals surface area contributed by atoms with E-state index in [4.69, 9.17) is 14.2 Å². The highest BCUT2D eigenvalue weighted by atomic mass is 16.6. The van der Waals surface area contributed by atoms with E-state index in [2.05, 4.69) is 93.7 Å². The molecule has 0 aromatic rings. The Hall–Kier alpha value is -3.15. The molecule has 0 saturated heterocycles. The molecule has 6 heteroatoms. The van der Waals surface area contributed by atoms with Crippen LogP contribution in [0.2, 0.25) is 0 Å². The molecule has 1 atom stereocenters. The van der Waals surface area contributed by atoms with Crippen molar-refractivity contribution >= 4 is 17.9 Å². The Bertz CT molecular complexity index is 1130. The van der Waals surface area contributed by atoms with Gasteiger partial charge in [0.2, 0.25) is 0 Å². The molecular weight excluding hydrogens is 733 g/mol. The lowest BCUT2D eigenvalue weighted by molar-refractivity contribution is -0.167. The van der Waals surface area contributed by atoms with Gasteiger partial charge in [0, 0.05) is 19.3 Å². The number of carbonyl (C=O) groups is 3. The van der Waals surface area contributed by atoms with E-state index in [0.717, 1.165) is 96.3 Å². The largest absolute Gasteiger partial charge is 0.462 e. The van der Waals surface area contributed by atoms with Gasteiger partial charge < -0.3 is 14.2 Å². The summed E-state index contributed by atoms with van der Waals surface area (Å²) in [5.74, 6) is -0.954. The Labute approximate surface area is 363 Å². The van der Waals surface area contributed by atoms with Crippen molar-refractivity contribution in [3.05, 3.63) is 72.9 Å². The highest BCUT2D eigenvalue weighted by molar-refractivity contribution is 5.71. The smallest absolute Gasteiger partial charge is 0.306 e. The van der Waals surface area contributed by atoms with E-state index in [1.807, 2.05) is 0 Å². The molecule has 0 saturated carbocycles. The maximum atomic E-state index is 12.8. The van der Waals surface area contributed by atoms with Crippen LogP contribution in [-0.2, 0) is 28.6 Å². The van der Waals surface area contributed by atoms with Crippen molar-refractivity contribution < 1.29 is 28.6 Å². The second-order valence-corrected chi connectivity index (χ2v) is 16.0. The highest BCUT2D eigenvalue weighted by Crippen LogP contribution is 2.13. The van der Waals surface area contributed by atoms with Crippen LogP contribution in [0.15, 0.2) is 72.9 Å². The van der Waals surface area contributed by atoms with E-state index in [9.17, 15) is 14.4 Å². The molecule has 0 aliphatic carbocycles. The molecular formula is C53H90O6. The Balaban J connectivity index is 4.46. The van der Waals surface area contributed by atoms with Gasteiger partial charge in [-0.1, -0.05) is 177 Å². The van der Waals surface area contributed by atoms with E-state index in [0.29, 0.717) is 19.3 Å². The molecule has 0 amide bonds. The lowest BCUT2D eigenvalue weighted by Gasteiger charge is -2.18. The molecule has 338 valence electrons.